The molecule has 0 spiro atoms. The van der Waals surface area contributed by atoms with E-state index in [1.54, 1.807) is 18.2 Å². The molecule has 1 heterocycles. The van der Waals surface area contributed by atoms with Gasteiger partial charge in [0.2, 0.25) is 11.2 Å². The van der Waals surface area contributed by atoms with E-state index in [4.69, 9.17) is 20.8 Å². The zero-order valence-electron chi connectivity index (χ0n) is 10.7. The number of benzene rings is 1. The number of methoxy groups -OCH3 is 1. The Morgan fingerprint density at radius 2 is 2.15 bits per heavy atom. The Labute approximate surface area is 120 Å². The van der Waals surface area contributed by atoms with Crippen molar-refractivity contribution >= 4 is 17.5 Å². The largest absolute Gasteiger partial charge is 0.490 e. The number of halogens is 1. The molecule has 2 aromatic rings. The number of amides is 1. The molecule has 0 bridgehead atoms. The molecule has 0 aliphatic rings. The molecule has 1 aromatic carbocycles. The van der Waals surface area contributed by atoms with Crippen LogP contribution in [0.5, 0.6) is 5.75 Å². The van der Waals surface area contributed by atoms with Crippen molar-refractivity contribution in [3.8, 4) is 5.75 Å². The number of carbonyl (C=O) groups is 1. The van der Waals surface area contributed by atoms with E-state index in [0.29, 0.717) is 5.02 Å². The summed E-state index contributed by atoms with van der Waals surface area (Å²) in [5.74, 6) is -0.528. The van der Waals surface area contributed by atoms with Gasteiger partial charge in [-0.2, -0.15) is 0 Å². The first-order valence-electron chi connectivity index (χ1n) is 5.80. The third kappa shape index (κ3) is 3.19. The van der Waals surface area contributed by atoms with E-state index >= 15 is 0 Å². The summed E-state index contributed by atoms with van der Waals surface area (Å²) in [4.78, 5) is 23.4. The minimum atomic E-state index is -0.496. The normalized spacial score (nSPS) is 10.1. The maximum atomic E-state index is 11.9. The van der Waals surface area contributed by atoms with Gasteiger partial charge in [-0.3, -0.25) is 9.59 Å². The lowest BCUT2D eigenvalue weighted by Gasteiger charge is -2.06. The summed E-state index contributed by atoms with van der Waals surface area (Å²) in [7, 11) is 1.35. The van der Waals surface area contributed by atoms with Crippen LogP contribution < -0.4 is 15.5 Å². The van der Waals surface area contributed by atoms with Gasteiger partial charge in [-0.15, -0.1) is 0 Å². The molecule has 6 heteroatoms. The molecule has 104 valence electrons. The first kappa shape index (κ1) is 14.1. The van der Waals surface area contributed by atoms with E-state index < -0.39 is 11.3 Å². The van der Waals surface area contributed by atoms with Crippen LogP contribution in [-0.2, 0) is 6.54 Å². The first-order chi connectivity index (χ1) is 9.61. The summed E-state index contributed by atoms with van der Waals surface area (Å²) in [5, 5.41) is 3.18. The van der Waals surface area contributed by atoms with Gasteiger partial charge in [-0.05, 0) is 11.6 Å². The van der Waals surface area contributed by atoms with Crippen LogP contribution in [0.3, 0.4) is 0 Å². The third-order valence-corrected chi connectivity index (χ3v) is 3.01. The zero-order chi connectivity index (χ0) is 14.5. The van der Waals surface area contributed by atoms with Gasteiger partial charge in [0.25, 0.3) is 5.91 Å². The molecule has 0 saturated carbocycles. The zero-order valence-corrected chi connectivity index (χ0v) is 11.4. The Kier molecular flexibility index (Phi) is 4.42. The highest BCUT2D eigenvalue weighted by molar-refractivity contribution is 6.31. The van der Waals surface area contributed by atoms with E-state index in [1.165, 1.54) is 7.11 Å². The molecule has 0 fully saturated rings. The Morgan fingerprint density at radius 1 is 1.40 bits per heavy atom. The molecule has 0 aliphatic carbocycles. The van der Waals surface area contributed by atoms with E-state index in [-0.39, 0.29) is 18.1 Å². The summed E-state index contributed by atoms with van der Waals surface area (Å²) < 4.78 is 9.81. The van der Waals surface area contributed by atoms with Crippen LogP contribution in [0, 0.1) is 0 Å². The van der Waals surface area contributed by atoms with Crippen LogP contribution in [-0.4, -0.2) is 13.0 Å². The van der Waals surface area contributed by atoms with Crippen LogP contribution in [0.15, 0.2) is 45.8 Å². The van der Waals surface area contributed by atoms with Gasteiger partial charge in [0.1, 0.15) is 6.26 Å². The van der Waals surface area contributed by atoms with Crippen molar-refractivity contribution in [2.45, 2.75) is 6.54 Å². The van der Waals surface area contributed by atoms with Gasteiger partial charge in [-0.25, -0.2) is 0 Å². The summed E-state index contributed by atoms with van der Waals surface area (Å²) in [6.07, 6.45) is 1.10. The summed E-state index contributed by atoms with van der Waals surface area (Å²) in [5.41, 5.74) is 0.361. The molecule has 5 nitrogen and oxygen atoms in total. The Bertz CT molecular complexity index is 681. The number of hydrogen-bond donors (Lipinski definition) is 1. The highest BCUT2D eigenvalue weighted by atomic mass is 35.5. The molecule has 0 unspecified atom stereocenters. The number of rotatable bonds is 4. The second-order valence-corrected chi connectivity index (χ2v) is 4.36. The lowest BCUT2D eigenvalue weighted by Crippen LogP contribution is -2.24. The lowest BCUT2D eigenvalue weighted by molar-refractivity contribution is 0.0920. The van der Waals surface area contributed by atoms with E-state index in [9.17, 15) is 9.59 Å². The maximum Gasteiger partial charge on any atom is 0.287 e. The fraction of sp³-hybridized carbons (Fsp3) is 0.143. The third-order valence-electron chi connectivity index (χ3n) is 2.64. The Balaban J connectivity index is 2.07. The second-order valence-electron chi connectivity index (χ2n) is 3.95. The van der Waals surface area contributed by atoms with Crippen molar-refractivity contribution in [2.24, 2.45) is 0 Å². The summed E-state index contributed by atoms with van der Waals surface area (Å²) in [6, 6.07) is 8.24. The highest BCUT2D eigenvalue weighted by Gasteiger charge is 2.11. The standard InChI is InChI=1S/C14H12ClNO4/c1-19-13-8-20-12(6-11(13)17)14(18)16-7-9-4-2-3-5-10(9)15/h2-6,8H,7H2,1H3,(H,16,18). The van der Waals surface area contributed by atoms with Gasteiger partial charge in [0.15, 0.2) is 5.76 Å². The number of hydrogen-bond acceptors (Lipinski definition) is 4. The van der Waals surface area contributed by atoms with Crippen molar-refractivity contribution < 1.29 is 13.9 Å². The van der Waals surface area contributed by atoms with Crippen molar-refractivity contribution in [3.05, 3.63) is 63.2 Å². The molecule has 0 aliphatic heterocycles. The molecule has 1 aromatic heterocycles. The van der Waals surface area contributed by atoms with Gasteiger partial charge in [0, 0.05) is 17.6 Å². The van der Waals surface area contributed by atoms with Crippen LogP contribution in [0.2, 0.25) is 5.02 Å². The van der Waals surface area contributed by atoms with Crippen molar-refractivity contribution in [1.82, 2.24) is 5.32 Å². The van der Waals surface area contributed by atoms with Crippen molar-refractivity contribution in [2.75, 3.05) is 7.11 Å². The van der Waals surface area contributed by atoms with Gasteiger partial charge >= 0.3 is 0 Å². The quantitative estimate of drug-likeness (QED) is 0.938. The van der Waals surface area contributed by atoms with Crippen LogP contribution in [0.1, 0.15) is 16.1 Å². The Hall–Kier alpha value is -2.27. The molecule has 0 saturated heterocycles. The molecule has 0 atom stereocenters. The summed E-state index contributed by atoms with van der Waals surface area (Å²) in [6.45, 7) is 0.244. The number of ether oxygens (including phenoxy) is 1. The minimum Gasteiger partial charge on any atom is -0.490 e. The average molecular weight is 294 g/mol. The topological polar surface area (TPSA) is 68.5 Å². The minimum absolute atomic E-state index is 0.0488. The van der Waals surface area contributed by atoms with Gasteiger partial charge in [-0.1, -0.05) is 29.8 Å². The number of carbonyl (C=O) groups excluding carboxylic acids is 1. The molecule has 1 N–H and O–H groups in total. The lowest BCUT2D eigenvalue weighted by atomic mass is 10.2. The van der Waals surface area contributed by atoms with Gasteiger partial charge < -0.3 is 14.5 Å². The SMILES string of the molecule is COc1coc(C(=O)NCc2ccccc2Cl)cc1=O. The van der Waals surface area contributed by atoms with Crippen LogP contribution in [0.4, 0.5) is 0 Å². The van der Waals surface area contributed by atoms with Crippen LogP contribution >= 0.6 is 11.6 Å². The smallest absolute Gasteiger partial charge is 0.287 e. The van der Waals surface area contributed by atoms with Crippen molar-refractivity contribution in [3.63, 3.8) is 0 Å². The Morgan fingerprint density at radius 3 is 2.80 bits per heavy atom. The average Bonchev–Trinajstić information content (AvgIpc) is 2.46. The molecule has 20 heavy (non-hydrogen) atoms. The maximum absolute atomic E-state index is 11.9. The molecular weight excluding hydrogens is 282 g/mol. The number of nitrogens with one attached hydrogen (secondary N) is 1. The van der Waals surface area contributed by atoms with Crippen LogP contribution in [0.25, 0.3) is 0 Å². The predicted octanol–water partition coefficient (Wildman–Crippen LogP) is 2.23. The molecular formula is C14H12ClNO4. The predicted molar refractivity (Wildman–Crippen MR) is 74.2 cm³/mol. The monoisotopic (exact) mass is 293 g/mol. The van der Waals surface area contributed by atoms with E-state index in [0.717, 1.165) is 17.9 Å². The molecule has 0 radical (unpaired) electrons. The first-order valence-corrected chi connectivity index (χ1v) is 6.18. The molecule has 2 rings (SSSR count). The van der Waals surface area contributed by atoms with E-state index in [1.807, 2.05) is 6.07 Å². The van der Waals surface area contributed by atoms with Gasteiger partial charge in [0.05, 0.1) is 7.11 Å². The fourth-order valence-electron chi connectivity index (χ4n) is 1.57. The van der Waals surface area contributed by atoms with Crippen molar-refractivity contribution in [1.29, 1.82) is 0 Å². The second kappa shape index (κ2) is 6.25. The highest BCUT2D eigenvalue weighted by Crippen LogP contribution is 2.14. The van der Waals surface area contributed by atoms with E-state index in [2.05, 4.69) is 5.32 Å². The summed E-state index contributed by atoms with van der Waals surface area (Å²) >= 11 is 5.98. The molecule has 1 amide bonds. The fourth-order valence-corrected chi connectivity index (χ4v) is 1.77.